The fourth-order valence-corrected chi connectivity index (χ4v) is 4.64. The first-order chi connectivity index (χ1) is 14.9. The van der Waals surface area contributed by atoms with Gasteiger partial charge < -0.3 is 10.1 Å². The quantitative estimate of drug-likeness (QED) is 0.642. The minimum atomic E-state index is -3.64. The molecule has 1 heterocycles. The molecule has 0 bridgehead atoms. The number of hydrogen-bond donors (Lipinski definition) is 1. The molecule has 31 heavy (non-hydrogen) atoms. The summed E-state index contributed by atoms with van der Waals surface area (Å²) in [6.45, 7) is 3.14. The van der Waals surface area contributed by atoms with Crippen LogP contribution in [0, 0.1) is 0 Å². The summed E-state index contributed by atoms with van der Waals surface area (Å²) >= 11 is 0. The molecule has 2 aromatic rings. The number of likely N-dealkylation sites (tertiary alicyclic amines) is 1. The van der Waals surface area contributed by atoms with E-state index in [0.717, 1.165) is 35.8 Å². The predicted octanol–water partition coefficient (Wildman–Crippen LogP) is 2.76. The molecule has 0 radical (unpaired) electrons. The van der Waals surface area contributed by atoms with E-state index in [4.69, 9.17) is 4.74 Å². The summed E-state index contributed by atoms with van der Waals surface area (Å²) < 4.78 is 30.9. The van der Waals surface area contributed by atoms with E-state index in [9.17, 15) is 13.2 Å². The first-order valence-corrected chi connectivity index (χ1v) is 12.4. The highest BCUT2D eigenvalue weighted by molar-refractivity contribution is 7.92. The van der Waals surface area contributed by atoms with Gasteiger partial charge in [0.05, 0.1) is 19.1 Å². The molecule has 0 saturated carbocycles. The average Bonchev–Trinajstić information content (AvgIpc) is 2.77. The van der Waals surface area contributed by atoms with Gasteiger partial charge in [-0.15, -0.1) is 0 Å². The molecule has 1 aliphatic heterocycles. The Balaban J connectivity index is 1.65. The fourth-order valence-electron chi connectivity index (χ4n) is 3.79. The third kappa shape index (κ3) is 6.70. The Morgan fingerprint density at radius 3 is 2.45 bits per heavy atom. The van der Waals surface area contributed by atoms with Crippen molar-refractivity contribution in [3.63, 3.8) is 0 Å². The number of anilines is 1. The number of nitrogens with one attached hydrogen (secondary N) is 1. The van der Waals surface area contributed by atoms with E-state index in [1.54, 1.807) is 24.3 Å². The molecular weight excluding hydrogens is 414 g/mol. The van der Waals surface area contributed by atoms with Gasteiger partial charge in [0.2, 0.25) is 15.9 Å². The van der Waals surface area contributed by atoms with E-state index >= 15 is 0 Å². The van der Waals surface area contributed by atoms with E-state index in [0.29, 0.717) is 18.0 Å². The zero-order valence-electron chi connectivity index (χ0n) is 18.2. The van der Waals surface area contributed by atoms with Gasteiger partial charge in [-0.3, -0.25) is 14.0 Å². The highest BCUT2D eigenvalue weighted by atomic mass is 32.2. The van der Waals surface area contributed by atoms with Gasteiger partial charge in [0.25, 0.3) is 0 Å². The molecule has 0 aromatic heterocycles. The van der Waals surface area contributed by atoms with Crippen molar-refractivity contribution < 1.29 is 17.9 Å². The van der Waals surface area contributed by atoms with Gasteiger partial charge in [-0.1, -0.05) is 36.8 Å². The highest BCUT2D eigenvalue weighted by Crippen LogP contribution is 2.23. The summed E-state index contributed by atoms with van der Waals surface area (Å²) in [5.41, 5.74) is 2.63. The summed E-state index contributed by atoms with van der Waals surface area (Å²) in [4.78, 5) is 15.1. The molecule has 0 spiro atoms. The Labute approximate surface area is 185 Å². The smallest absolute Gasteiger partial charge is 0.241 e. The second kappa shape index (κ2) is 10.6. The first kappa shape index (κ1) is 23.1. The molecule has 1 aliphatic rings. The zero-order chi connectivity index (χ0) is 22.3. The van der Waals surface area contributed by atoms with Crippen LogP contribution in [0.4, 0.5) is 5.69 Å². The van der Waals surface area contributed by atoms with Gasteiger partial charge in [-0.25, -0.2) is 8.42 Å². The van der Waals surface area contributed by atoms with Crippen molar-refractivity contribution in [3.05, 3.63) is 59.7 Å². The van der Waals surface area contributed by atoms with Crippen LogP contribution in [-0.4, -0.2) is 52.2 Å². The average molecular weight is 446 g/mol. The van der Waals surface area contributed by atoms with Gasteiger partial charge >= 0.3 is 0 Å². The minimum Gasteiger partial charge on any atom is -0.497 e. The maximum atomic E-state index is 12.6. The number of rotatable bonds is 9. The van der Waals surface area contributed by atoms with Crippen LogP contribution >= 0.6 is 0 Å². The fraction of sp³-hybridized carbons (Fsp3) is 0.435. The van der Waals surface area contributed by atoms with Crippen molar-refractivity contribution in [1.82, 2.24) is 10.2 Å². The van der Waals surface area contributed by atoms with E-state index in [2.05, 4.69) is 16.3 Å². The van der Waals surface area contributed by atoms with Crippen LogP contribution in [0.25, 0.3) is 0 Å². The molecule has 8 heteroatoms. The van der Waals surface area contributed by atoms with Crippen LogP contribution in [0.1, 0.15) is 30.4 Å². The van der Waals surface area contributed by atoms with E-state index in [-0.39, 0.29) is 12.5 Å². The van der Waals surface area contributed by atoms with Gasteiger partial charge in [0, 0.05) is 19.2 Å². The maximum absolute atomic E-state index is 12.6. The molecular formula is C23H31N3O4S. The predicted molar refractivity (Wildman–Crippen MR) is 123 cm³/mol. The summed E-state index contributed by atoms with van der Waals surface area (Å²) in [6.07, 6.45) is 4.83. The molecule has 0 aliphatic carbocycles. The third-order valence-electron chi connectivity index (χ3n) is 5.47. The number of nitrogens with zero attached hydrogens (tertiary/aromatic N) is 2. The second-order valence-electron chi connectivity index (χ2n) is 7.85. The standard InChI is InChI=1S/C23H31N3O4S/c1-30-22-12-8-11-21(15-22)26(31(2,28)29)18-23(27)24-16-19-9-4-5-10-20(19)17-25-13-6-3-7-14-25/h4-5,8-12,15H,3,6-7,13-14,16-18H2,1-2H3,(H,24,27). The summed E-state index contributed by atoms with van der Waals surface area (Å²) in [5, 5.41) is 2.88. The van der Waals surface area contributed by atoms with Crippen molar-refractivity contribution in [2.45, 2.75) is 32.4 Å². The maximum Gasteiger partial charge on any atom is 0.241 e. The Morgan fingerprint density at radius 2 is 1.77 bits per heavy atom. The van der Waals surface area contributed by atoms with E-state index in [1.807, 2.05) is 18.2 Å². The minimum absolute atomic E-state index is 0.291. The van der Waals surface area contributed by atoms with Gasteiger partial charge in [0.15, 0.2) is 0 Å². The van der Waals surface area contributed by atoms with Crippen LogP contribution in [0.2, 0.25) is 0 Å². The van der Waals surface area contributed by atoms with Crippen LogP contribution in [0.5, 0.6) is 5.75 Å². The summed E-state index contributed by atoms with van der Waals surface area (Å²) in [7, 11) is -2.13. The molecule has 1 N–H and O–H groups in total. The Bertz CT molecular complexity index is 988. The Morgan fingerprint density at radius 1 is 1.06 bits per heavy atom. The number of methoxy groups -OCH3 is 1. The molecule has 1 fully saturated rings. The molecule has 168 valence electrons. The second-order valence-corrected chi connectivity index (χ2v) is 9.76. The first-order valence-electron chi connectivity index (χ1n) is 10.5. The van der Waals surface area contributed by atoms with Crippen LogP contribution in [-0.2, 0) is 27.9 Å². The third-order valence-corrected chi connectivity index (χ3v) is 6.61. The van der Waals surface area contributed by atoms with Crippen molar-refractivity contribution in [2.24, 2.45) is 0 Å². The van der Waals surface area contributed by atoms with E-state index < -0.39 is 10.0 Å². The topological polar surface area (TPSA) is 79.0 Å². The molecule has 0 atom stereocenters. The lowest BCUT2D eigenvalue weighted by Gasteiger charge is -2.27. The van der Waals surface area contributed by atoms with Crippen LogP contribution in [0.3, 0.4) is 0 Å². The SMILES string of the molecule is COc1cccc(N(CC(=O)NCc2ccccc2CN2CCCCC2)S(C)(=O)=O)c1. The molecule has 7 nitrogen and oxygen atoms in total. The number of sulfonamides is 1. The number of carbonyl (C=O) groups excluding carboxylic acids is 1. The van der Waals surface area contributed by atoms with Crippen molar-refractivity contribution in [2.75, 3.05) is 37.3 Å². The zero-order valence-corrected chi connectivity index (χ0v) is 19.0. The number of benzene rings is 2. The lowest BCUT2D eigenvalue weighted by atomic mass is 10.0. The Hall–Kier alpha value is -2.58. The van der Waals surface area contributed by atoms with Crippen LogP contribution in [0.15, 0.2) is 48.5 Å². The summed E-state index contributed by atoms with van der Waals surface area (Å²) in [5.74, 6) is 0.166. The lowest BCUT2D eigenvalue weighted by Crippen LogP contribution is -2.40. The number of hydrogen-bond acceptors (Lipinski definition) is 5. The Kier molecular flexibility index (Phi) is 7.92. The van der Waals surface area contributed by atoms with Gasteiger partial charge in [-0.2, -0.15) is 0 Å². The number of ether oxygens (including phenoxy) is 1. The van der Waals surface area contributed by atoms with Gasteiger partial charge in [-0.05, 0) is 49.2 Å². The summed E-state index contributed by atoms with van der Waals surface area (Å²) in [6, 6.07) is 14.7. The number of piperidine rings is 1. The molecule has 2 aromatic carbocycles. The number of carbonyl (C=O) groups is 1. The molecule has 1 amide bonds. The van der Waals surface area contributed by atoms with Crippen molar-refractivity contribution >= 4 is 21.6 Å². The monoisotopic (exact) mass is 445 g/mol. The largest absolute Gasteiger partial charge is 0.497 e. The number of amides is 1. The van der Waals surface area contributed by atoms with E-state index in [1.165, 1.54) is 31.9 Å². The highest BCUT2D eigenvalue weighted by Gasteiger charge is 2.21. The van der Waals surface area contributed by atoms with Crippen molar-refractivity contribution in [1.29, 1.82) is 0 Å². The van der Waals surface area contributed by atoms with Gasteiger partial charge in [0.1, 0.15) is 12.3 Å². The lowest BCUT2D eigenvalue weighted by molar-refractivity contribution is -0.119. The normalized spacial score (nSPS) is 14.8. The molecule has 3 rings (SSSR count). The molecule has 1 saturated heterocycles. The van der Waals surface area contributed by atoms with Crippen LogP contribution < -0.4 is 14.4 Å². The van der Waals surface area contributed by atoms with Crippen molar-refractivity contribution in [3.8, 4) is 5.75 Å². The molecule has 0 unspecified atom stereocenters.